The first-order valence-corrected chi connectivity index (χ1v) is 19.3. The Morgan fingerprint density at radius 1 is 0.544 bits per heavy atom. The molecular formula is C52H43NO4. The predicted octanol–water partition coefficient (Wildman–Crippen LogP) is 13.7. The highest BCUT2D eigenvalue weighted by Gasteiger charge is 2.35. The van der Waals surface area contributed by atoms with Crippen molar-refractivity contribution in [2.24, 2.45) is 0 Å². The van der Waals surface area contributed by atoms with Crippen molar-refractivity contribution in [2.45, 2.75) is 39.4 Å². The molecule has 2 heterocycles. The number of nitrogens with zero attached hydrogens (tertiary/aromatic N) is 1. The molecule has 0 saturated carbocycles. The van der Waals surface area contributed by atoms with E-state index in [1.807, 2.05) is 48.5 Å². The zero-order valence-corrected chi connectivity index (χ0v) is 32.3. The van der Waals surface area contributed by atoms with Crippen LogP contribution in [0.4, 0.5) is 17.1 Å². The van der Waals surface area contributed by atoms with Gasteiger partial charge in [0, 0.05) is 22.5 Å². The van der Waals surface area contributed by atoms with Crippen LogP contribution in [0.5, 0.6) is 11.5 Å². The molecule has 8 aromatic rings. The van der Waals surface area contributed by atoms with Gasteiger partial charge in [-0.3, -0.25) is 0 Å². The SMILES string of the molecule is Cc1ccc(N(c2ccc(C=C(c3ccc(OCc4ccco4)cc3)c3ccc(OCc4ccco4)cc3)cc2)c2ccc3c(c2)C(C)(C)c2ccccc2-3)cc1. The van der Waals surface area contributed by atoms with Crippen LogP contribution < -0.4 is 14.4 Å². The number of aryl methyl sites for hydroxylation is 1. The molecule has 0 unspecified atom stereocenters. The summed E-state index contributed by atoms with van der Waals surface area (Å²) in [5.74, 6) is 3.11. The summed E-state index contributed by atoms with van der Waals surface area (Å²) in [6, 6.07) is 57.3. The van der Waals surface area contributed by atoms with Crippen molar-refractivity contribution in [3.63, 3.8) is 0 Å². The van der Waals surface area contributed by atoms with E-state index < -0.39 is 0 Å². The second-order valence-electron chi connectivity index (χ2n) is 15.0. The van der Waals surface area contributed by atoms with Gasteiger partial charge < -0.3 is 23.2 Å². The molecule has 6 aromatic carbocycles. The normalized spacial score (nSPS) is 12.4. The van der Waals surface area contributed by atoms with Crippen molar-refractivity contribution < 1.29 is 18.3 Å². The summed E-state index contributed by atoms with van der Waals surface area (Å²) >= 11 is 0. The summed E-state index contributed by atoms with van der Waals surface area (Å²) in [6.45, 7) is 7.54. The molecule has 0 spiro atoms. The summed E-state index contributed by atoms with van der Waals surface area (Å²) in [7, 11) is 0. The van der Waals surface area contributed by atoms with Gasteiger partial charge in [0.2, 0.25) is 0 Å². The third kappa shape index (κ3) is 7.40. The number of ether oxygens (including phenoxy) is 2. The fraction of sp³-hybridized carbons (Fsp3) is 0.115. The van der Waals surface area contributed by atoms with Gasteiger partial charge in [0.1, 0.15) is 36.2 Å². The topological polar surface area (TPSA) is 48.0 Å². The number of anilines is 3. The number of benzene rings is 6. The lowest BCUT2D eigenvalue weighted by Crippen LogP contribution is -2.16. The van der Waals surface area contributed by atoms with Crippen molar-refractivity contribution >= 4 is 28.7 Å². The van der Waals surface area contributed by atoms with E-state index in [2.05, 4.69) is 147 Å². The van der Waals surface area contributed by atoms with Gasteiger partial charge in [0.25, 0.3) is 0 Å². The highest BCUT2D eigenvalue weighted by molar-refractivity contribution is 5.92. The maximum Gasteiger partial charge on any atom is 0.146 e. The highest BCUT2D eigenvalue weighted by Crippen LogP contribution is 2.50. The van der Waals surface area contributed by atoms with E-state index in [1.165, 1.54) is 27.8 Å². The molecule has 0 saturated heterocycles. The van der Waals surface area contributed by atoms with Crippen LogP contribution in [0.25, 0.3) is 22.8 Å². The Kier molecular flexibility index (Phi) is 9.57. The van der Waals surface area contributed by atoms with Crippen LogP contribution in [0.3, 0.4) is 0 Å². The van der Waals surface area contributed by atoms with Crippen molar-refractivity contribution in [3.05, 3.63) is 221 Å². The summed E-state index contributed by atoms with van der Waals surface area (Å²) in [5.41, 5.74) is 14.1. The lowest BCUT2D eigenvalue weighted by molar-refractivity contribution is 0.270. The van der Waals surface area contributed by atoms with Gasteiger partial charge in [0.05, 0.1) is 12.5 Å². The average molecular weight is 746 g/mol. The van der Waals surface area contributed by atoms with Crippen LogP contribution in [0, 0.1) is 6.92 Å². The van der Waals surface area contributed by atoms with Crippen molar-refractivity contribution in [3.8, 4) is 22.6 Å². The Bertz CT molecular complexity index is 2530. The van der Waals surface area contributed by atoms with E-state index in [-0.39, 0.29) is 5.41 Å². The number of hydrogen-bond donors (Lipinski definition) is 0. The molecule has 2 aromatic heterocycles. The summed E-state index contributed by atoms with van der Waals surface area (Å²) in [5, 5.41) is 0. The minimum absolute atomic E-state index is 0.0978. The molecule has 0 atom stereocenters. The van der Waals surface area contributed by atoms with Crippen LogP contribution in [-0.4, -0.2) is 0 Å². The number of hydrogen-bond acceptors (Lipinski definition) is 5. The Morgan fingerprint density at radius 2 is 1.07 bits per heavy atom. The first kappa shape index (κ1) is 35.7. The first-order valence-electron chi connectivity index (χ1n) is 19.3. The fourth-order valence-electron chi connectivity index (χ4n) is 7.75. The summed E-state index contributed by atoms with van der Waals surface area (Å²) in [6.07, 6.45) is 5.56. The predicted molar refractivity (Wildman–Crippen MR) is 229 cm³/mol. The molecule has 0 fully saturated rings. The molecule has 280 valence electrons. The molecular weight excluding hydrogens is 703 g/mol. The number of rotatable bonds is 12. The van der Waals surface area contributed by atoms with E-state index in [0.717, 1.165) is 62.3 Å². The van der Waals surface area contributed by atoms with E-state index >= 15 is 0 Å². The smallest absolute Gasteiger partial charge is 0.146 e. The van der Waals surface area contributed by atoms with E-state index in [1.54, 1.807) is 12.5 Å². The van der Waals surface area contributed by atoms with Gasteiger partial charge in [-0.15, -0.1) is 0 Å². The largest absolute Gasteiger partial charge is 0.486 e. The van der Waals surface area contributed by atoms with E-state index in [9.17, 15) is 0 Å². The second-order valence-corrected chi connectivity index (χ2v) is 15.0. The van der Waals surface area contributed by atoms with Crippen molar-refractivity contribution in [2.75, 3.05) is 4.90 Å². The van der Waals surface area contributed by atoms with Crippen LogP contribution in [0.2, 0.25) is 0 Å². The molecule has 1 aliphatic rings. The lowest BCUT2D eigenvalue weighted by atomic mass is 9.82. The van der Waals surface area contributed by atoms with Gasteiger partial charge >= 0.3 is 0 Å². The third-order valence-corrected chi connectivity index (χ3v) is 10.8. The monoisotopic (exact) mass is 745 g/mol. The van der Waals surface area contributed by atoms with Gasteiger partial charge in [0.15, 0.2) is 0 Å². The molecule has 5 heteroatoms. The lowest BCUT2D eigenvalue weighted by Gasteiger charge is -2.28. The summed E-state index contributed by atoms with van der Waals surface area (Å²) in [4.78, 5) is 2.36. The standard InChI is InChI=1S/C52H43NO4/c1-36-12-20-40(21-13-36)53(42-24-29-48-47-10-4-5-11-50(47)52(2,3)51(48)33-42)41-22-14-37(15-23-41)32-49(38-16-25-43(26-17-38)56-34-45-8-6-30-54-45)39-18-27-44(28-19-39)57-35-46-9-7-31-55-46/h4-33H,34-35H2,1-3H3. The fourth-order valence-corrected chi connectivity index (χ4v) is 7.75. The zero-order chi connectivity index (χ0) is 38.8. The van der Waals surface area contributed by atoms with Crippen molar-refractivity contribution in [1.29, 1.82) is 0 Å². The summed E-state index contributed by atoms with van der Waals surface area (Å²) < 4.78 is 22.9. The highest BCUT2D eigenvalue weighted by atomic mass is 16.5. The van der Waals surface area contributed by atoms with Crippen LogP contribution in [0.15, 0.2) is 185 Å². The van der Waals surface area contributed by atoms with E-state index in [4.69, 9.17) is 18.3 Å². The minimum atomic E-state index is -0.0978. The Hall–Kier alpha value is -6.98. The number of fused-ring (bicyclic) bond motifs is 3. The van der Waals surface area contributed by atoms with Crippen molar-refractivity contribution in [1.82, 2.24) is 0 Å². The maximum atomic E-state index is 6.01. The van der Waals surface area contributed by atoms with Gasteiger partial charge in [-0.1, -0.05) is 98.3 Å². The van der Waals surface area contributed by atoms with Crippen LogP contribution in [0.1, 0.15) is 58.7 Å². The number of furan rings is 2. The Labute approximate surface area is 334 Å². The molecule has 1 aliphatic carbocycles. The molecule has 9 rings (SSSR count). The second kappa shape index (κ2) is 15.3. The van der Waals surface area contributed by atoms with Gasteiger partial charge in [-0.05, 0) is 142 Å². The first-order chi connectivity index (χ1) is 27.9. The van der Waals surface area contributed by atoms with Gasteiger partial charge in [-0.2, -0.15) is 0 Å². The molecule has 0 amide bonds. The third-order valence-electron chi connectivity index (χ3n) is 10.8. The quantitative estimate of drug-likeness (QED) is 0.117. The molecule has 0 radical (unpaired) electrons. The Balaban J connectivity index is 1.05. The maximum absolute atomic E-state index is 6.01. The van der Waals surface area contributed by atoms with Crippen LogP contribution >= 0.6 is 0 Å². The Morgan fingerprint density at radius 3 is 1.63 bits per heavy atom. The van der Waals surface area contributed by atoms with E-state index in [0.29, 0.717) is 13.2 Å². The zero-order valence-electron chi connectivity index (χ0n) is 32.3. The molecule has 5 nitrogen and oxygen atoms in total. The average Bonchev–Trinajstić information content (AvgIpc) is 4.02. The molecule has 57 heavy (non-hydrogen) atoms. The van der Waals surface area contributed by atoms with Gasteiger partial charge in [-0.25, -0.2) is 0 Å². The molecule has 0 aliphatic heterocycles. The minimum Gasteiger partial charge on any atom is -0.486 e. The van der Waals surface area contributed by atoms with Crippen LogP contribution in [-0.2, 0) is 18.6 Å². The molecule has 0 bridgehead atoms. The molecule has 0 N–H and O–H groups in total.